The molecule has 96 valence electrons. The molecule has 0 saturated heterocycles. The van der Waals surface area contributed by atoms with Gasteiger partial charge in [0.05, 0.1) is 0 Å². The van der Waals surface area contributed by atoms with Crippen molar-refractivity contribution in [2.75, 3.05) is 6.54 Å². The van der Waals surface area contributed by atoms with Crippen LogP contribution >= 0.6 is 0 Å². The summed E-state index contributed by atoms with van der Waals surface area (Å²) in [4.78, 5) is 0. The van der Waals surface area contributed by atoms with Gasteiger partial charge in [-0.3, -0.25) is 0 Å². The third kappa shape index (κ3) is 5.83. The fraction of sp³-hybridized carbons (Fsp3) is 0.600. The van der Waals surface area contributed by atoms with Crippen molar-refractivity contribution in [3.8, 4) is 0 Å². The van der Waals surface area contributed by atoms with Gasteiger partial charge in [-0.05, 0) is 56.3 Å². The Labute approximate surface area is 104 Å². The van der Waals surface area contributed by atoms with Crippen molar-refractivity contribution in [1.82, 2.24) is 5.32 Å². The first-order chi connectivity index (χ1) is 8.11. The number of benzene rings is 1. The Kier molecular flexibility index (Phi) is 6.20. The predicted octanol–water partition coefficient (Wildman–Crippen LogP) is 3.78. The second-order valence-corrected chi connectivity index (χ2v) is 5.03. The number of halogens is 1. The molecule has 1 aromatic rings. The van der Waals surface area contributed by atoms with Crippen LogP contribution in [0.5, 0.6) is 0 Å². The van der Waals surface area contributed by atoms with E-state index in [1.807, 2.05) is 12.1 Å². The summed E-state index contributed by atoms with van der Waals surface area (Å²) in [6.07, 6.45) is 3.37. The Hall–Kier alpha value is -0.890. The van der Waals surface area contributed by atoms with E-state index >= 15 is 0 Å². The lowest BCUT2D eigenvalue weighted by Gasteiger charge is -2.18. The molecule has 2 unspecified atom stereocenters. The van der Waals surface area contributed by atoms with Crippen molar-refractivity contribution in [2.45, 2.75) is 46.1 Å². The van der Waals surface area contributed by atoms with E-state index in [9.17, 15) is 4.39 Å². The van der Waals surface area contributed by atoms with Crippen LogP contribution in [0, 0.1) is 11.7 Å². The molecule has 0 aliphatic heterocycles. The Morgan fingerprint density at radius 1 is 1.18 bits per heavy atom. The van der Waals surface area contributed by atoms with E-state index in [0.29, 0.717) is 12.0 Å². The average Bonchev–Trinajstić information content (AvgIpc) is 2.29. The lowest BCUT2D eigenvalue weighted by molar-refractivity contribution is 0.419. The molecule has 0 radical (unpaired) electrons. The first-order valence-corrected chi connectivity index (χ1v) is 6.59. The third-order valence-electron chi connectivity index (χ3n) is 3.00. The van der Waals surface area contributed by atoms with Crippen LogP contribution in [0.1, 0.15) is 39.2 Å². The summed E-state index contributed by atoms with van der Waals surface area (Å²) >= 11 is 0. The zero-order valence-corrected chi connectivity index (χ0v) is 11.2. The van der Waals surface area contributed by atoms with Gasteiger partial charge in [0, 0.05) is 6.04 Å². The molecule has 0 aromatic heterocycles. The molecule has 0 fully saturated rings. The Morgan fingerprint density at radius 2 is 1.82 bits per heavy atom. The Bertz CT molecular complexity index is 307. The highest BCUT2D eigenvalue weighted by atomic mass is 19.1. The SMILES string of the molecule is CCCNC(C)CC(C)Cc1ccc(F)cc1. The number of rotatable bonds is 7. The van der Waals surface area contributed by atoms with Crippen LogP contribution in [0.3, 0.4) is 0 Å². The summed E-state index contributed by atoms with van der Waals surface area (Å²) in [5.41, 5.74) is 1.22. The predicted molar refractivity (Wildman–Crippen MR) is 71.6 cm³/mol. The van der Waals surface area contributed by atoms with Crippen LogP contribution in [0.2, 0.25) is 0 Å². The van der Waals surface area contributed by atoms with Crippen LogP contribution in [-0.4, -0.2) is 12.6 Å². The zero-order chi connectivity index (χ0) is 12.7. The first-order valence-electron chi connectivity index (χ1n) is 6.59. The molecular weight excluding hydrogens is 213 g/mol. The van der Waals surface area contributed by atoms with E-state index in [1.54, 1.807) is 12.1 Å². The minimum Gasteiger partial charge on any atom is -0.314 e. The minimum atomic E-state index is -0.153. The smallest absolute Gasteiger partial charge is 0.123 e. The molecule has 17 heavy (non-hydrogen) atoms. The van der Waals surface area contributed by atoms with Gasteiger partial charge in [-0.1, -0.05) is 26.0 Å². The van der Waals surface area contributed by atoms with E-state index in [2.05, 4.69) is 26.1 Å². The maximum Gasteiger partial charge on any atom is 0.123 e. The topological polar surface area (TPSA) is 12.0 Å². The molecule has 0 heterocycles. The monoisotopic (exact) mass is 237 g/mol. The van der Waals surface area contributed by atoms with Gasteiger partial charge >= 0.3 is 0 Å². The van der Waals surface area contributed by atoms with E-state index in [4.69, 9.17) is 0 Å². The number of hydrogen-bond acceptors (Lipinski definition) is 1. The summed E-state index contributed by atoms with van der Waals surface area (Å²) in [5, 5.41) is 3.50. The molecule has 2 atom stereocenters. The molecule has 0 spiro atoms. The number of nitrogens with one attached hydrogen (secondary N) is 1. The van der Waals surface area contributed by atoms with Crippen molar-refractivity contribution in [2.24, 2.45) is 5.92 Å². The van der Waals surface area contributed by atoms with Crippen molar-refractivity contribution >= 4 is 0 Å². The van der Waals surface area contributed by atoms with Gasteiger partial charge in [-0.25, -0.2) is 4.39 Å². The van der Waals surface area contributed by atoms with E-state index in [0.717, 1.165) is 19.4 Å². The van der Waals surface area contributed by atoms with Gasteiger partial charge in [0.2, 0.25) is 0 Å². The van der Waals surface area contributed by atoms with E-state index < -0.39 is 0 Å². The second kappa shape index (κ2) is 7.44. The highest BCUT2D eigenvalue weighted by molar-refractivity contribution is 5.16. The Morgan fingerprint density at radius 3 is 2.41 bits per heavy atom. The van der Waals surface area contributed by atoms with Crippen LogP contribution in [0.15, 0.2) is 24.3 Å². The normalized spacial score (nSPS) is 14.6. The second-order valence-electron chi connectivity index (χ2n) is 5.03. The van der Waals surface area contributed by atoms with Crippen molar-refractivity contribution < 1.29 is 4.39 Å². The molecule has 0 bridgehead atoms. The number of hydrogen-bond donors (Lipinski definition) is 1. The maximum absolute atomic E-state index is 12.8. The van der Waals surface area contributed by atoms with Crippen LogP contribution in [0.25, 0.3) is 0 Å². The first kappa shape index (κ1) is 14.2. The van der Waals surface area contributed by atoms with Gasteiger partial charge < -0.3 is 5.32 Å². The van der Waals surface area contributed by atoms with Gasteiger partial charge in [0.25, 0.3) is 0 Å². The molecule has 0 saturated carbocycles. The summed E-state index contributed by atoms with van der Waals surface area (Å²) in [6, 6.07) is 7.42. The minimum absolute atomic E-state index is 0.153. The largest absolute Gasteiger partial charge is 0.314 e. The molecule has 2 heteroatoms. The quantitative estimate of drug-likeness (QED) is 0.761. The van der Waals surface area contributed by atoms with Crippen LogP contribution < -0.4 is 5.32 Å². The maximum atomic E-state index is 12.8. The molecule has 0 aliphatic rings. The van der Waals surface area contributed by atoms with Crippen molar-refractivity contribution in [3.05, 3.63) is 35.6 Å². The van der Waals surface area contributed by atoms with Crippen molar-refractivity contribution in [1.29, 1.82) is 0 Å². The summed E-state index contributed by atoms with van der Waals surface area (Å²) < 4.78 is 12.8. The fourth-order valence-corrected chi connectivity index (χ4v) is 2.18. The van der Waals surface area contributed by atoms with Gasteiger partial charge in [-0.2, -0.15) is 0 Å². The summed E-state index contributed by atoms with van der Waals surface area (Å²) in [7, 11) is 0. The molecule has 0 amide bonds. The zero-order valence-electron chi connectivity index (χ0n) is 11.2. The highest BCUT2D eigenvalue weighted by Gasteiger charge is 2.08. The fourth-order valence-electron chi connectivity index (χ4n) is 2.18. The molecular formula is C15H24FN. The highest BCUT2D eigenvalue weighted by Crippen LogP contribution is 2.14. The lowest BCUT2D eigenvalue weighted by atomic mass is 9.95. The van der Waals surface area contributed by atoms with E-state index in [-0.39, 0.29) is 5.82 Å². The van der Waals surface area contributed by atoms with E-state index in [1.165, 1.54) is 12.0 Å². The van der Waals surface area contributed by atoms with Crippen molar-refractivity contribution in [3.63, 3.8) is 0 Å². The van der Waals surface area contributed by atoms with Gasteiger partial charge in [0.1, 0.15) is 5.82 Å². The lowest BCUT2D eigenvalue weighted by Crippen LogP contribution is -2.28. The van der Waals surface area contributed by atoms with Gasteiger partial charge in [0.15, 0.2) is 0 Å². The third-order valence-corrected chi connectivity index (χ3v) is 3.00. The molecule has 1 N–H and O–H groups in total. The standard InChI is InChI=1S/C15H24FN/c1-4-9-17-13(3)10-12(2)11-14-5-7-15(16)8-6-14/h5-8,12-13,17H,4,9-11H2,1-3H3. The summed E-state index contributed by atoms with van der Waals surface area (Å²) in [5.74, 6) is 0.471. The van der Waals surface area contributed by atoms with Crippen LogP contribution in [0.4, 0.5) is 4.39 Å². The Balaban J connectivity index is 2.33. The average molecular weight is 237 g/mol. The van der Waals surface area contributed by atoms with Gasteiger partial charge in [-0.15, -0.1) is 0 Å². The summed E-state index contributed by atoms with van der Waals surface area (Å²) in [6.45, 7) is 7.76. The molecule has 1 rings (SSSR count). The molecule has 0 aliphatic carbocycles. The molecule has 1 nitrogen and oxygen atoms in total. The molecule has 1 aromatic carbocycles. The van der Waals surface area contributed by atoms with Crippen LogP contribution in [-0.2, 0) is 6.42 Å².